The van der Waals surface area contributed by atoms with Crippen molar-refractivity contribution in [2.24, 2.45) is 0 Å². The average molecular weight is 278 g/mol. The van der Waals surface area contributed by atoms with Crippen LogP contribution in [0.25, 0.3) is 0 Å². The van der Waals surface area contributed by atoms with Gasteiger partial charge in [-0.05, 0) is 44.0 Å². The highest BCUT2D eigenvalue weighted by Gasteiger charge is 2.02. The number of hydrogen-bond donors (Lipinski definition) is 1. The third-order valence-electron chi connectivity index (χ3n) is 3.00. The fraction of sp³-hybridized carbons (Fsp3) is 0.400. The van der Waals surface area contributed by atoms with Gasteiger partial charge < -0.3 is 5.32 Å². The number of anilines is 1. The van der Waals surface area contributed by atoms with Crippen LogP contribution in [0.5, 0.6) is 0 Å². The number of nitrogens with one attached hydrogen (secondary N) is 1. The molecule has 3 nitrogen and oxygen atoms in total. The molecule has 1 aromatic carbocycles. The molecule has 0 aliphatic rings. The standard InChI is InChI=1S/C15H20ClN3/c1-12(2)19-10-8-15(18-19)11-17-14-5-3-13(4-6-14)7-9-16/h3-6,8,10,12,17H,7,9,11H2,1-2H3. The highest BCUT2D eigenvalue weighted by atomic mass is 35.5. The molecule has 0 radical (unpaired) electrons. The SMILES string of the molecule is CC(C)n1ccc(CNc2ccc(CCCl)cc2)n1. The Morgan fingerprint density at radius 3 is 2.53 bits per heavy atom. The largest absolute Gasteiger partial charge is 0.379 e. The summed E-state index contributed by atoms with van der Waals surface area (Å²) in [7, 11) is 0. The first kappa shape index (κ1) is 13.9. The molecular formula is C15H20ClN3. The van der Waals surface area contributed by atoms with E-state index in [0.717, 1.165) is 24.3 Å². The van der Waals surface area contributed by atoms with Gasteiger partial charge in [0.1, 0.15) is 0 Å². The lowest BCUT2D eigenvalue weighted by molar-refractivity contribution is 0.527. The van der Waals surface area contributed by atoms with Crippen LogP contribution in [0.1, 0.15) is 31.1 Å². The molecule has 0 aliphatic carbocycles. The summed E-state index contributed by atoms with van der Waals surface area (Å²) in [6.45, 7) is 4.99. The molecule has 0 bridgehead atoms. The smallest absolute Gasteiger partial charge is 0.0815 e. The Morgan fingerprint density at radius 1 is 1.21 bits per heavy atom. The molecule has 0 unspecified atom stereocenters. The Balaban J connectivity index is 1.90. The Labute approximate surface area is 119 Å². The van der Waals surface area contributed by atoms with E-state index in [4.69, 9.17) is 11.6 Å². The summed E-state index contributed by atoms with van der Waals surface area (Å²) < 4.78 is 1.97. The van der Waals surface area contributed by atoms with Crippen LogP contribution in [-0.4, -0.2) is 15.7 Å². The number of nitrogens with zero attached hydrogens (tertiary/aromatic N) is 2. The summed E-state index contributed by atoms with van der Waals surface area (Å²) >= 11 is 5.72. The van der Waals surface area contributed by atoms with E-state index in [0.29, 0.717) is 11.9 Å². The minimum atomic E-state index is 0.406. The molecule has 0 saturated heterocycles. The van der Waals surface area contributed by atoms with E-state index in [1.54, 1.807) is 0 Å². The van der Waals surface area contributed by atoms with Crippen molar-refractivity contribution in [1.29, 1.82) is 0 Å². The van der Waals surface area contributed by atoms with Crippen LogP contribution in [0, 0.1) is 0 Å². The van der Waals surface area contributed by atoms with Gasteiger partial charge in [-0.2, -0.15) is 5.10 Å². The van der Waals surface area contributed by atoms with E-state index in [1.165, 1.54) is 5.56 Å². The van der Waals surface area contributed by atoms with Crippen LogP contribution >= 0.6 is 11.6 Å². The Morgan fingerprint density at radius 2 is 1.95 bits per heavy atom. The summed E-state index contributed by atoms with van der Waals surface area (Å²) in [6.07, 6.45) is 2.94. The second kappa shape index (κ2) is 6.62. The molecule has 0 aliphatic heterocycles. The number of alkyl halides is 1. The normalized spacial score (nSPS) is 10.9. The first-order chi connectivity index (χ1) is 9.19. The van der Waals surface area contributed by atoms with Crippen LogP contribution in [0.4, 0.5) is 5.69 Å². The van der Waals surface area contributed by atoms with E-state index in [1.807, 2.05) is 10.9 Å². The number of hydrogen-bond acceptors (Lipinski definition) is 2. The molecule has 4 heteroatoms. The Kier molecular flexibility index (Phi) is 4.86. The van der Waals surface area contributed by atoms with E-state index in [-0.39, 0.29) is 0 Å². The quantitative estimate of drug-likeness (QED) is 0.813. The first-order valence-corrected chi connectivity index (χ1v) is 7.15. The third-order valence-corrected chi connectivity index (χ3v) is 3.19. The van der Waals surface area contributed by atoms with Crippen molar-refractivity contribution in [2.45, 2.75) is 32.9 Å². The van der Waals surface area contributed by atoms with Gasteiger partial charge in [0, 0.05) is 23.8 Å². The van der Waals surface area contributed by atoms with Gasteiger partial charge in [0.2, 0.25) is 0 Å². The monoisotopic (exact) mass is 277 g/mol. The van der Waals surface area contributed by atoms with E-state index in [9.17, 15) is 0 Å². The number of benzene rings is 1. The predicted octanol–water partition coefficient (Wildman–Crippen LogP) is 3.86. The molecule has 102 valence electrons. The molecule has 2 rings (SSSR count). The zero-order chi connectivity index (χ0) is 13.7. The molecule has 0 spiro atoms. The van der Waals surface area contributed by atoms with Crippen molar-refractivity contribution in [3.05, 3.63) is 47.8 Å². The van der Waals surface area contributed by atoms with Gasteiger partial charge in [-0.15, -0.1) is 11.6 Å². The van der Waals surface area contributed by atoms with Gasteiger partial charge >= 0.3 is 0 Å². The summed E-state index contributed by atoms with van der Waals surface area (Å²) in [5, 5.41) is 7.88. The maximum atomic E-state index is 5.72. The molecular weight excluding hydrogens is 258 g/mol. The van der Waals surface area contributed by atoms with Gasteiger partial charge in [0.25, 0.3) is 0 Å². The Bertz CT molecular complexity index is 502. The number of halogens is 1. The van der Waals surface area contributed by atoms with Crippen molar-refractivity contribution < 1.29 is 0 Å². The van der Waals surface area contributed by atoms with E-state index >= 15 is 0 Å². The number of rotatable bonds is 6. The highest BCUT2D eigenvalue weighted by molar-refractivity contribution is 6.17. The highest BCUT2D eigenvalue weighted by Crippen LogP contribution is 2.12. The van der Waals surface area contributed by atoms with Crippen molar-refractivity contribution in [3.8, 4) is 0 Å². The van der Waals surface area contributed by atoms with Gasteiger partial charge in [0.05, 0.1) is 12.2 Å². The fourth-order valence-corrected chi connectivity index (χ4v) is 2.07. The van der Waals surface area contributed by atoms with Crippen molar-refractivity contribution in [2.75, 3.05) is 11.2 Å². The predicted molar refractivity (Wildman–Crippen MR) is 80.8 cm³/mol. The molecule has 0 atom stereocenters. The molecule has 0 saturated carbocycles. The van der Waals surface area contributed by atoms with Gasteiger partial charge in [-0.3, -0.25) is 4.68 Å². The molecule has 1 N–H and O–H groups in total. The second-order valence-corrected chi connectivity index (χ2v) is 5.25. The van der Waals surface area contributed by atoms with E-state index < -0.39 is 0 Å². The van der Waals surface area contributed by atoms with Crippen LogP contribution < -0.4 is 5.32 Å². The van der Waals surface area contributed by atoms with E-state index in [2.05, 4.69) is 54.6 Å². The fourth-order valence-electron chi connectivity index (χ4n) is 1.85. The van der Waals surface area contributed by atoms with Crippen molar-refractivity contribution in [1.82, 2.24) is 9.78 Å². The van der Waals surface area contributed by atoms with Crippen LogP contribution in [0.2, 0.25) is 0 Å². The van der Waals surface area contributed by atoms with Crippen LogP contribution in [0.3, 0.4) is 0 Å². The molecule has 1 aromatic heterocycles. The second-order valence-electron chi connectivity index (χ2n) is 4.87. The molecule has 0 fully saturated rings. The molecule has 19 heavy (non-hydrogen) atoms. The zero-order valence-corrected chi connectivity index (χ0v) is 12.2. The lowest BCUT2D eigenvalue weighted by atomic mass is 10.1. The van der Waals surface area contributed by atoms with Crippen LogP contribution in [-0.2, 0) is 13.0 Å². The lowest BCUT2D eigenvalue weighted by Gasteiger charge is -2.06. The first-order valence-electron chi connectivity index (χ1n) is 6.62. The molecule has 1 heterocycles. The summed E-state index contributed by atoms with van der Waals surface area (Å²) in [5.74, 6) is 0.666. The van der Waals surface area contributed by atoms with Gasteiger partial charge in [0.15, 0.2) is 0 Å². The summed E-state index contributed by atoms with van der Waals surface area (Å²) in [6, 6.07) is 10.8. The topological polar surface area (TPSA) is 29.9 Å². The molecule has 0 amide bonds. The number of aryl methyl sites for hydroxylation is 1. The maximum Gasteiger partial charge on any atom is 0.0815 e. The minimum Gasteiger partial charge on any atom is -0.379 e. The molecule has 2 aromatic rings. The van der Waals surface area contributed by atoms with Crippen molar-refractivity contribution in [3.63, 3.8) is 0 Å². The van der Waals surface area contributed by atoms with Crippen molar-refractivity contribution >= 4 is 17.3 Å². The van der Waals surface area contributed by atoms with Crippen LogP contribution in [0.15, 0.2) is 36.5 Å². The third kappa shape index (κ3) is 4.00. The summed E-state index contributed by atoms with van der Waals surface area (Å²) in [5.41, 5.74) is 3.43. The Hall–Kier alpha value is -1.48. The number of aromatic nitrogens is 2. The minimum absolute atomic E-state index is 0.406. The summed E-state index contributed by atoms with van der Waals surface area (Å²) in [4.78, 5) is 0. The van der Waals surface area contributed by atoms with Gasteiger partial charge in [-0.25, -0.2) is 0 Å². The van der Waals surface area contributed by atoms with Gasteiger partial charge in [-0.1, -0.05) is 12.1 Å². The average Bonchev–Trinajstić information content (AvgIpc) is 2.87. The zero-order valence-electron chi connectivity index (χ0n) is 11.4. The maximum absolute atomic E-state index is 5.72. The lowest BCUT2D eigenvalue weighted by Crippen LogP contribution is -2.04.